The minimum Gasteiger partial charge on any atom is -0.493 e. The number of methoxy groups -OCH3 is 1. The molecule has 0 spiro atoms. The average molecular weight is 302 g/mol. The van der Waals surface area contributed by atoms with Gasteiger partial charge in [0.1, 0.15) is 0 Å². The van der Waals surface area contributed by atoms with Crippen molar-refractivity contribution in [1.29, 1.82) is 0 Å². The predicted octanol–water partition coefficient (Wildman–Crippen LogP) is 0.651. The highest BCUT2D eigenvalue weighted by Gasteiger charge is 2.12. The van der Waals surface area contributed by atoms with Crippen LogP contribution in [-0.4, -0.2) is 32.7 Å². The van der Waals surface area contributed by atoms with Crippen molar-refractivity contribution < 1.29 is 14.3 Å². The summed E-state index contributed by atoms with van der Waals surface area (Å²) in [5, 5.41) is 3.62. The monoisotopic (exact) mass is 301 g/mol. The van der Waals surface area contributed by atoms with E-state index >= 15 is 0 Å². The zero-order valence-electron chi connectivity index (χ0n) is 11.4. The zero-order chi connectivity index (χ0) is 15.0. The molecule has 0 heterocycles. The van der Waals surface area contributed by atoms with Gasteiger partial charge in [0.2, 0.25) is 0 Å². The van der Waals surface area contributed by atoms with Gasteiger partial charge in [-0.1, -0.05) is 11.6 Å². The van der Waals surface area contributed by atoms with Crippen molar-refractivity contribution in [2.24, 2.45) is 11.5 Å². The van der Waals surface area contributed by atoms with Crippen molar-refractivity contribution in [3.05, 3.63) is 22.7 Å². The van der Waals surface area contributed by atoms with Gasteiger partial charge >= 0.3 is 0 Å². The van der Waals surface area contributed by atoms with Crippen LogP contribution in [0.25, 0.3) is 0 Å². The van der Waals surface area contributed by atoms with Crippen LogP contribution < -0.4 is 26.3 Å². The normalized spacial score (nSPS) is 10.3. The fourth-order valence-corrected chi connectivity index (χ4v) is 1.91. The van der Waals surface area contributed by atoms with E-state index in [0.29, 0.717) is 29.6 Å². The standard InChI is InChI=1S/C13H20ClN3O3/c1-19-11-6-9(7-17-4-2-3-15)5-10(14)13(11)20-8-12(16)18/h5-6,17H,2-4,7-8,15H2,1H3,(H2,16,18). The number of hydrogen-bond donors (Lipinski definition) is 3. The fourth-order valence-electron chi connectivity index (χ4n) is 1.62. The molecule has 0 bridgehead atoms. The predicted molar refractivity (Wildman–Crippen MR) is 78.1 cm³/mol. The number of nitrogens with one attached hydrogen (secondary N) is 1. The number of hydrogen-bond acceptors (Lipinski definition) is 5. The van der Waals surface area contributed by atoms with Crippen LogP contribution in [0.5, 0.6) is 11.5 Å². The Balaban J connectivity index is 2.75. The quantitative estimate of drug-likeness (QED) is 0.582. The highest BCUT2D eigenvalue weighted by atomic mass is 35.5. The van der Waals surface area contributed by atoms with E-state index in [1.54, 1.807) is 12.1 Å². The van der Waals surface area contributed by atoms with Gasteiger partial charge in [0.15, 0.2) is 18.1 Å². The summed E-state index contributed by atoms with van der Waals surface area (Å²) >= 11 is 6.13. The third-order valence-corrected chi connectivity index (χ3v) is 2.82. The Morgan fingerprint density at radius 3 is 2.80 bits per heavy atom. The number of amides is 1. The van der Waals surface area contributed by atoms with E-state index in [9.17, 15) is 4.79 Å². The smallest absolute Gasteiger partial charge is 0.255 e. The van der Waals surface area contributed by atoms with Gasteiger partial charge in [0, 0.05) is 6.54 Å². The second-order valence-electron chi connectivity index (χ2n) is 4.18. The van der Waals surface area contributed by atoms with Crippen molar-refractivity contribution in [2.45, 2.75) is 13.0 Å². The Hall–Kier alpha value is -1.50. The van der Waals surface area contributed by atoms with E-state index in [0.717, 1.165) is 18.5 Å². The molecule has 0 atom stereocenters. The van der Waals surface area contributed by atoms with Crippen LogP contribution in [0.2, 0.25) is 5.02 Å². The van der Waals surface area contributed by atoms with E-state index in [1.165, 1.54) is 7.11 Å². The topological polar surface area (TPSA) is 99.6 Å². The molecule has 6 nitrogen and oxygen atoms in total. The molecule has 0 unspecified atom stereocenters. The first-order valence-electron chi connectivity index (χ1n) is 6.26. The summed E-state index contributed by atoms with van der Waals surface area (Å²) in [6.45, 7) is 1.88. The maximum atomic E-state index is 10.7. The number of ether oxygens (including phenoxy) is 2. The van der Waals surface area contributed by atoms with Gasteiger partial charge in [-0.15, -0.1) is 0 Å². The Bertz CT molecular complexity index is 455. The van der Waals surface area contributed by atoms with Gasteiger partial charge in [-0.25, -0.2) is 0 Å². The first kappa shape index (κ1) is 16.6. The summed E-state index contributed by atoms with van der Waals surface area (Å²) < 4.78 is 10.5. The van der Waals surface area contributed by atoms with Crippen molar-refractivity contribution in [2.75, 3.05) is 26.8 Å². The minimum atomic E-state index is -0.573. The van der Waals surface area contributed by atoms with Gasteiger partial charge in [-0.3, -0.25) is 4.79 Å². The maximum Gasteiger partial charge on any atom is 0.255 e. The molecule has 0 aliphatic heterocycles. The van der Waals surface area contributed by atoms with Gasteiger partial charge < -0.3 is 26.3 Å². The van der Waals surface area contributed by atoms with Crippen LogP contribution in [0.1, 0.15) is 12.0 Å². The number of primary amides is 1. The van der Waals surface area contributed by atoms with E-state index < -0.39 is 5.91 Å². The van der Waals surface area contributed by atoms with Crippen LogP contribution in [0.3, 0.4) is 0 Å². The average Bonchev–Trinajstić information content (AvgIpc) is 2.41. The van der Waals surface area contributed by atoms with Crippen LogP contribution in [0, 0.1) is 0 Å². The van der Waals surface area contributed by atoms with Gasteiger partial charge in [-0.2, -0.15) is 0 Å². The second-order valence-corrected chi connectivity index (χ2v) is 4.59. The van der Waals surface area contributed by atoms with Crippen LogP contribution >= 0.6 is 11.6 Å². The molecule has 0 fully saturated rings. The lowest BCUT2D eigenvalue weighted by molar-refractivity contribution is -0.119. The lowest BCUT2D eigenvalue weighted by atomic mass is 10.2. The van der Waals surface area contributed by atoms with Crippen molar-refractivity contribution in [1.82, 2.24) is 5.32 Å². The second kappa shape index (κ2) is 8.63. The highest BCUT2D eigenvalue weighted by Crippen LogP contribution is 2.36. The number of halogens is 1. The summed E-state index contributed by atoms with van der Waals surface area (Å²) in [5.41, 5.74) is 11.4. The van der Waals surface area contributed by atoms with Crippen molar-refractivity contribution in [3.8, 4) is 11.5 Å². The first-order valence-corrected chi connectivity index (χ1v) is 6.64. The van der Waals surface area contributed by atoms with Crippen LogP contribution in [0.4, 0.5) is 0 Å². The number of carbonyl (C=O) groups excluding carboxylic acids is 1. The molecule has 7 heteroatoms. The van der Waals surface area contributed by atoms with Gasteiger partial charge in [0.05, 0.1) is 12.1 Å². The molecule has 0 aliphatic rings. The summed E-state index contributed by atoms with van der Waals surface area (Å²) in [6.07, 6.45) is 0.907. The van der Waals surface area contributed by atoms with Crippen molar-refractivity contribution in [3.63, 3.8) is 0 Å². The molecule has 0 radical (unpaired) electrons. The van der Waals surface area contributed by atoms with E-state index in [1.807, 2.05) is 0 Å². The third kappa shape index (κ3) is 5.24. The van der Waals surface area contributed by atoms with Crippen molar-refractivity contribution >= 4 is 17.5 Å². The third-order valence-electron chi connectivity index (χ3n) is 2.53. The molecule has 1 aromatic rings. The largest absolute Gasteiger partial charge is 0.493 e. The van der Waals surface area contributed by atoms with Gasteiger partial charge in [-0.05, 0) is 37.2 Å². The summed E-state index contributed by atoms with van der Waals surface area (Å²) in [5.74, 6) is 0.212. The Labute approximate surface area is 123 Å². The first-order chi connectivity index (χ1) is 9.58. The summed E-state index contributed by atoms with van der Waals surface area (Å²) in [6, 6.07) is 3.56. The molecule has 5 N–H and O–H groups in total. The lowest BCUT2D eigenvalue weighted by Gasteiger charge is -2.13. The van der Waals surface area contributed by atoms with E-state index in [4.69, 9.17) is 32.5 Å². The fraction of sp³-hybridized carbons (Fsp3) is 0.462. The Morgan fingerprint density at radius 1 is 1.45 bits per heavy atom. The number of carbonyl (C=O) groups is 1. The molecule has 0 aliphatic carbocycles. The Kier molecular flexibility index (Phi) is 7.14. The molecular formula is C13H20ClN3O3. The highest BCUT2D eigenvalue weighted by molar-refractivity contribution is 6.32. The lowest BCUT2D eigenvalue weighted by Crippen LogP contribution is -2.20. The summed E-state index contributed by atoms with van der Waals surface area (Å²) in [4.78, 5) is 10.7. The van der Waals surface area contributed by atoms with E-state index in [2.05, 4.69) is 5.32 Å². The molecule has 0 saturated carbocycles. The molecule has 20 heavy (non-hydrogen) atoms. The Morgan fingerprint density at radius 2 is 2.20 bits per heavy atom. The minimum absolute atomic E-state index is 0.246. The maximum absolute atomic E-state index is 10.7. The number of benzene rings is 1. The number of nitrogens with two attached hydrogens (primary N) is 2. The van der Waals surface area contributed by atoms with Crippen LogP contribution in [0.15, 0.2) is 12.1 Å². The SMILES string of the molecule is COc1cc(CNCCCN)cc(Cl)c1OCC(N)=O. The molecule has 1 rings (SSSR count). The summed E-state index contributed by atoms with van der Waals surface area (Å²) in [7, 11) is 1.51. The molecule has 0 aromatic heterocycles. The molecule has 0 saturated heterocycles. The zero-order valence-corrected chi connectivity index (χ0v) is 12.2. The molecule has 1 aromatic carbocycles. The van der Waals surface area contributed by atoms with Gasteiger partial charge in [0.25, 0.3) is 5.91 Å². The molecule has 1 amide bonds. The number of rotatable bonds is 9. The molecular weight excluding hydrogens is 282 g/mol. The van der Waals surface area contributed by atoms with Crippen LogP contribution in [-0.2, 0) is 11.3 Å². The molecule has 112 valence electrons. The van der Waals surface area contributed by atoms with E-state index in [-0.39, 0.29) is 6.61 Å².